The number of thiazole rings is 1. The van der Waals surface area contributed by atoms with Gasteiger partial charge in [0.25, 0.3) is 0 Å². The second kappa shape index (κ2) is 11.0. The number of nitriles is 1. The largest absolute Gasteiger partial charge is 0.507 e. The van der Waals surface area contributed by atoms with Crippen LogP contribution in [0.4, 0.5) is 5.69 Å². The van der Waals surface area contributed by atoms with Gasteiger partial charge in [0.05, 0.1) is 27.5 Å². The summed E-state index contributed by atoms with van der Waals surface area (Å²) in [6, 6.07) is 32.8. The van der Waals surface area contributed by atoms with Gasteiger partial charge < -0.3 is 5.11 Å². The van der Waals surface area contributed by atoms with Gasteiger partial charge in [0.15, 0.2) is 0 Å². The molecule has 0 fully saturated rings. The minimum atomic E-state index is -0.213. The van der Waals surface area contributed by atoms with Gasteiger partial charge >= 0.3 is 0 Å². The summed E-state index contributed by atoms with van der Waals surface area (Å²) in [6.45, 7) is 12.9. The first-order valence-electron chi connectivity index (χ1n) is 14.8. The Kier molecular flexibility index (Phi) is 7.35. The summed E-state index contributed by atoms with van der Waals surface area (Å²) < 4.78 is 1.10. The predicted octanol–water partition coefficient (Wildman–Crippen LogP) is 10.7. The first-order valence-corrected chi connectivity index (χ1v) is 15.6. The first-order chi connectivity index (χ1) is 20.9. The van der Waals surface area contributed by atoms with Gasteiger partial charge in [-0.25, -0.2) is 4.98 Å². The number of phenolic OH excluding ortho intramolecular Hbond substituents is 1. The van der Waals surface area contributed by atoms with E-state index in [2.05, 4.69) is 96.1 Å². The van der Waals surface area contributed by atoms with Gasteiger partial charge in [0.1, 0.15) is 10.8 Å². The van der Waals surface area contributed by atoms with Crippen LogP contribution >= 0.6 is 11.3 Å². The van der Waals surface area contributed by atoms with Gasteiger partial charge in [-0.1, -0.05) is 90.1 Å². The van der Waals surface area contributed by atoms with Crippen molar-refractivity contribution in [3.05, 3.63) is 113 Å². The van der Waals surface area contributed by atoms with Crippen molar-refractivity contribution in [2.45, 2.75) is 52.4 Å². The maximum atomic E-state index is 11.3. The standard InChI is InChI=1S/C39H35N3OS/c1-38(2,3)29-20-28(36(43)32(21-29)39(4,5)6)23-41-33-12-8-7-10-31(33)37-42-35-30(11-9-13-34(35)44-37)27-17-16-25-18-24(22-40)14-15-26(25)19-27/h7-21,23,43H,1-6H3. The number of para-hydroxylation sites is 2. The van der Waals surface area contributed by atoms with Gasteiger partial charge in [-0.05, 0) is 75.2 Å². The normalized spacial score (nSPS) is 12.3. The number of nitrogens with zero attached hydrogens (tertiary/aromatic N) is 3. The maximum Gasteiger partial charge on any atom is 0.128 e. The average molecular weight is 594 g/mol. The van der Waals surface area contributed by atoms with E-state index in [4.69, 9.17) is 9.98 Å². The van der Waals surface area contributed by atoms with E-state index in [1.54, 1.807) is 17.6 Å². The summed E-state index contributed by atoms with van der Waals surface area (Å²) in [6.07, 6.45) is 1.78. The molecule has 4 nitrogen and oxygen atoms in total. The van der Waals surface area contributed by atoms with E-state index in [0.717, 1.165) is 59.5 Å². The fourth-order valence-electron chi connectivity index (χ4n) is 5.45. The summed E-state index contributed by atoms with van der Waals surface area (Å²) in [5.41, 5.74) is 8.00. The number of rotatable bonds is 4. The molecule has 0 bridgehead atoms. The van der Waals surface area contributed by atoms with E-state index in [0.29, 0.717) is 11.1 Å². The summed E-state index contributed by atoms with van der Waals surface area (Å²) in [5, 5.41) is 23.6. The fourth-order valence-corrected chi connectivity index (χ4v) is 6.47. The number of hydrogen-bond donors (Lipinski definition) is 1. The Bertz CT molecular complexity index is 2120. The smallest absolute Gasteiger partial charge is 0.128 e. The molecule has 0 saturated heterocycles. The minimum Gasteiger partial charge on any atom is -0.507 e. The zero-order valence-corrected chi connectivity index (χ0v) is 26.8. The minimum absolute atomic E-state index is 0.0719. The zero-order chi connectivity index (χ0) is 31.2. The summed E-state index contributed by atoms with van der Waals surface area (Å²) in [5.74, 6) is 0.274. The molecule has 0 aliphatic carbocycles. The second-order valence-electron chi connectivity index (χ2n) is 13.3. The van der Waals surface area contributed by atoms with E-state index in [1.165, 1.54) is 0 Å². The van der Waals surface area contributed by atoms with Crippen molar-refractivity contribution in [2.24, 2.45) is 4.99 Å². The van der Waals surface area contributed by atoms with E-state index in [1.807, 2.05) is 42.5 Å². The number of aromatic nitrogens is 1. The number of hydrogen-bond acceptors (Lipinski definition) is 5. The SMILES string of the molecule is CC(C)(C)c1cc(C=Nc2ccccc2-c2nc3c(-c4ccc5cc(C#N)ccc5c4)cccc3s2)c(O)c(C(C)(C)C)c1. The van der Waals surface area contributed by atoms with Crippen molar-refractivity contribution >= 4 is 44.2 Å². The van der Waals surface area contributed by atoms with Crippen LogP contribution in [0.1, 0.15) is 63.8 Å². The molecular formula is C39H35N3OS. The van der Waals surface area contributed by atoms with Crippen molar-refractivity contribution in [3.8, 4) is 33.5 Å². The number of benzene rings is 5. The van der Waals surface area contributed by atoms with Gasteiger partial charge in [-0.3, -0.25) is 4.99 Å². The molecule has 5 aromatic carbocycles. The molecule has 0 saturated carbocycles. The van der Waals surface area contributed by atoms with Crippen LogP contribution in [0, 0.1) is 11.3 Å². The molecule has 0 atom stereocenters. The zero-order valence-electron chi connectivity index (χ0n) is 25.9. The lowest BCUT2D eigenvalue weighted by atomic mass is 9.79. The molecule has 6 aromatic rings. The molecule has 0 spiro atoms. The van der Waals surface area contributed by atoms with Crippen LogP contribution in [0.15, 0.2) is 96.0 Å². The summed E-state index contributed by atoms with van der Waals surface area (Å²) in [7, 11) is 0. The Labute approximate surface area is 263 Å². The van der Waals surface area contributed by atoms with Crippen LogP contribution in [0.5, 0.6) is 5.75 Å². The van der Waals surface area contributed by atoms with E-state index < -0.39 is 0 Å². The highest BCUT2D eigenvalue weighted by Crippen LogP contribution is 2.41. The van der Waals surface area contributed by atoms with E-state index in [-0.39, 0.29) is 16.6 Å². The predicted molar refractivity (Wildman–Crippen MR) is 185 cm³/mol. The molecule has 0 amide bonds. The molecule has 0 aliphatic heterocycles. The van der Waals surface area contributed by atoms with E-state index >= 15 is 0 Å². The third-order valence-corrected chi connectivity index (χ3v) is 9.04. The van der Waals surface area contributed by atoms with Crippen molar-refractivity contribution in [1.82, 2.24) is 4.98 Å². The van der Waals surface area contributed by atoms with Crippen LogP contribution in [-0.4, -0.2) is 16.3 Å². The molecular weight excluding hydrogens is 559 g/mol. The third kappa shape index (κ3) is 5.62. The Morgan fingerprint density at radius 1 is 0.795 bits per heavy atom. The maximum absolute atomic E-state index is 11.3. The molecule has 6 rings (SSSR count). The lowest BCUT2D eigenvalue weighted by Gasteiger charge is -2.27. The molecule has 1 heterocycles. The summed E-state index contributed by atoms with van der Waals surface area (Å²) in [4.78, 5) is 10.1. The number of fused-ring (bicyclic) bond motifs is 2. The number of aliphatic imine (C=N–C) groups is 1. The van der Waals surface area contributed by atoms with Crippen LogP contribution in [0.25, 0.3) is 42.7 Å². The molecule has 0 unspecified atom stereocenters. The number of aromatic hydroxyl groups is 1. The monoisotopic (exact) mass is 593 g/mol. The molecule has 1 N–H and O–H groups in total. The van der Waals surface area contributed by atoms with Crippen LogP contribution < -0.4 is 0 Å². The van der Waals surface area contributed by atoms with Crippen molar-refractivity contribution in [1.29, 1.82) is 5.26 Å². The highest BCUT2D eigenvalue weighted by Gasteiger charge is 2.24. The van der Waals surface area contributed by atoms with Gasteiger partial charge in [0.2, 0.25) is 0 Å². The van der Waals surface area contributed by atoms with Gasteiger partial charge in [-0.15, -0.1) is 11.3 Å². The topological polar surface area (TPSA) is 69.3 Å². The van der Waals surface area contributed by atoms with E-state index in [9.17, 15) is 10.4 Å². The average Bonchev–Trinajstić information content (AvgIpc) is 3.43. The highest BCUT2D eigenvalue weighted by atomic mass is 32.1. The Hall–Kier alpha value is -4.79. The summed E-state index contributed by atoms with van der Waals surface area (Å²) >= 11 is 1.65. The van der Waals surface area contributed by atoms with Gasteiger partial charge in [0, 0.05) is 28.5 Å². The second-order valence-corrected chi connectivity index (χ2v) is 14.3. The Morgan fingerprint density at radius 2 is 1.52 bits per heavy atom. The van der Waals surface area contributed by atoms with Crippen molar-refractivity contribution < 1.29 is 5.11 Å². The lowest BCUT2D eigenvalue weighted by Crippen LogP contribution is -2.17. The third-order valence-electron chi connectivity index (χ3n) is 7.99. The molecule has 5 heteroatoms. The quantitative estimate of drug-likeness (QED) is 0.207. The number of phenols is 1. The van der Waals surface area contributed by atoms with Gasteiger partial charge in [-0.2, -0.15) is 5.26 Å². The highest BCUT2D eigenvalue weighted by molar-refractivity contribution is 7.21. The Balaban J connectivity index is 1.42. The molecule has 1 aromatic heterocycles. The van der Waals surface area contributed by atoms with Crippen molar-refractivity contribution in [3.63, 3.8) is 0 Å². The molecule has 0 aliphatic rings. The lowest BCUT2D eigenvalue weighted by molar-refractivity contribution is 0.444. The van der Waals surface area contributed by atoms with Crippen LogP contribution in [-0.2, 0) is 10.8 Å². The molecule has 218 valence electrons. The fraction of sp³-hybridized carbons (Fsp3) is 0.205. The van der Waals surface area contributed by atoms with Crippen LogP contribution in [0.3, 0.4) is 0 Å². The molecule has 44 heavy (non-hydrogen) atoms. The first kappa shape index (κ1) is 29.3. The van der Waals surface area contributed by atoms with Crippen LogP contribution in [0.2, 0.25) is 0 Å². The Morgan fingerprint density at radius 3 is 2.27 bits per heavy atom. The van der Waals surface area contributed by atoms with Crippen molar-refractivity contribution in [2.75, 3.05) is 0 Å². The molecule has 0 radical (unpaired) electrons.